The molecule has 0 aromatic heterocycles. The van der Waals surface area contributed by atoms with E-state index in [1.807, 2.05) is 0 Å². The van der Waals surface area contributed by atoms with Gasteiger partial charge in [0.1, 0.15) is 5.60 Å². The quantitative estimate of drug-likeness (QED) is 0.546. The molecule has 0 aromatic rings. The van der Waals surface area contributed by atoms with Crippen LogP contribution in [0.2, 0.25) is 0 Å². The van der Waals surface area contributed by atoms with Crippen LogP contribution in [0.15, 0.2) is 11.6 Å². The first-order chi connectivity index (χ1) is 11.4. The predicted molar refractivity (Wildman–Crippen MR) is 91.3 cm³/mol. The molecule has 1 saturated heterocycles. The largest absolute Gasteiger partial charge is 0.396 e. The summed E-state index contributed by atoms with van der Waals surface area (Å²) in [5.74, 6) is 1.34. The van der Waals surface area contributed by atoms with Crippen LogP contribution in [0.4, 0.5) is 0 Å². The van der Waals surface area contributed by atoms with E-state index in [9.17, 15) is 15.3 Å². The van der Waals surface area contributed by atoms with Crippen LogP contribution in [0, 0.1) is 28.6 Å². The molecule has 3 fully saturated rings. The molecule has 7 atom stereocenters. The van der Waals surface area contributed by atoms with Crippen molar-refractivity contribution in [3.63, 3.8) is 0 Å². The summed E-state index contributed by atoms with van der Waals surface area (Å²) in [6, 6.07) is 0. The van der Waals surface area contributed by atoms with E-state index in [1.54, 1.807) is 5.57 Å². The zero-order chi connectivity index (χ0) is 17.2. The van der Waals surface area contributed by atoms with Crippen molar-refractivity contribution < 1.29 is 20.1 Å². The average Bonchev–Trinajstić information content (AvgIpc) is 3.39. The highest BCUT2D eigenvalue weighted by Gasteiger charge is 2.59. The van der Waals surface area contributed by atoms with Gasteiger partial charge in [-0.15, -0.1) is 0 Å². The van der Waals surface area contributed by atoms with Gasteiger partial charge in [0.15, 0.2) is 0 Å². The van der Waals surface area contributed by atoms with Gasteiger partial charge in [-0.3, -0.25) is 0 Å². The number of epoxide rings is 1. The summed E-state index contributed by atoms with van der Waals surface area (Å²) in [6.07, 6.45) is 8.09. The van der Waals surface area contributed by atoms with Gasteiger partial charge < -0.3 is 20.1 Å². The average molecular weight is 336 g/mol. The zero-order valence-corrected chi connectivity index (χ0v) is 15.0. The monoisotopic (exact) mass is 336 g/mol. The lowest BCUT2D eigenvalue weighted by atomic mass is 9.45. The molecular weight excluding hydrogens is 304 g/mol. The summed E-state index contributed by atoms with van der Waals surface area (Å²) >= 11 is 0. The molecule has 1 aliphatic heterocycles. The van der Waals surface area contributed by atoms with Crippen molar-refractivity contribution in [1.82, 2.24) is 0 Å². The SMILES string of the molecule is C[C@]1(CO)[C@H]2CC=C3C[C@H]([C@]4(CO)CO4)CC[C@H]3[C@]2(C)CC[C@@H]1O. The van der Waals surface area contributed by atoms with Crippen molar-refractivity contribution >= 4 is 0 Å². The maximum absolute atomic E-state index is 10.5. The topological polar surface area (TPSA) is 73.2 Å². The van der Waals surface area contributed by atoms with Gasteiger partial charge in [-0.1, -0.05) is 25.5 Å². The Hall–Kier alpha value is -0.420. The number of aliphatic hydroxyl groups excluding tert-OH is 3. The van der Waals surface area contributed by atoms with Crippen molar-refractivity contribution in [2.45, 2.75) is 64.1 Å². The first kappa shape index (κ1) is 17.0. The summed E-state index contributed by atoms with van der Waals surface area (Å²) in [5.41, 5.74) is 1.07. The Kier molecular flexibility index (Phi) is 3.93. The molecule has 0 spiro atoms. The zero-order valence-electron chi connectivity index (χ0n) is 15.0. The second kappa shape index (κ2) is 5.54. The molecule has 24 heavy (non-hydrogen) atoms. The normalized spacial score (nSPS) is 53.8. The van der Waals surface area contributed by atoms with Crippen molar-refractivity contribution in [3.05, 3.63) is 11.6 Å². The van der Waals surface area contributed by atoms with E-state index in [2.05, 4.69) is 19.9 Å². The Morgan fingerprint density at radius 2 is 1.92 bits per heavy atom. The Balaban J connectivity index is 1.61. The molecule has 136 valence electrons. The van der Waals surface area contributed by atoms with E-state index in [-0.39, 0.29) is 24.2 Å². The molecule has 1 heterocycles. The fraction of sp³-hybridized carbons (Fsp3) is 0.900. The van der Waals surface area contributed by atoms with E-state index in [4.69, 9.17) is 4.74 Å². The van der Waals surface area contributed by atoms with Gasteiger partial charge in [-0.2, -0.15) is 0 Å². The number of aliphatic hydroxyl groups is 3. The van der Waals surface area contributed by atoms with E-state index in [0.29, 0.717) is 24.4 Å². The van der Waals surface area contributed by atoms with Crippen molar-refractivity contribution in [1.29, 1.82) is 0 Å². The molecule has 3 aliphatic carbocycles. The highest BCUT2D eigenvalue weighted by Crippen LogP contribution is 2.63. The summed E-state index contributed by atoms with van der Waals surface area (Å²) in [7, 11) is 0. The van der Waals surface area contributed by atoms with Crippen LogP contribution in [0.5, 0.6) is 0 Å². The molecular formula is C20H32O4. The molecule has 3 N–H and O–H groups in total. The lowest BCUT2D eigenvalue weighted by molar-refractivity contribution is -0.147. The van der Waals surface area contributed by atoms with Gasteiger partial charge in [-0.05, 0) is 61.7 Å². The van der Waals surface area contributed by atoms with Crippen molar-refractivity contribution in [3.8, 4) is 0 Å². The molecule has 4 heteroatoms. The number of hydrogen-bond donors (Lipinski definition) is 3. The van der Waals surface area contributed by atoms with Crippen LogP contribution < -0.4 is 0 Å². The molecule has 0 aromatic carbocycles. The Morgan fingerprint density at radius 3 is 2.54 bits per heavy atom. The summed E-state index contributed by atoms with van der Waals surface area (Å²) < 4.78 is 5.62. The van der Waals surface area contributed by atoms with Crippen LogP contribution in [0.3, 0.4) is 0 Å². The summed E-state index contributed by atoms with van der Waals surface area (Å²) in [4.78, 5) is 0. The second-order valence-electron chi connectivity index (χ2n) is 9.33. The van der Waals surface area contributed by atoms with E-state index < -0.39 is 11.5 Å². The lowest BCUT2D eigenvalue weighted by Gasteiger charge is -2.60. The third-order valence-electron chi connectivity index (χ3n) is 8.32. The maximum Gasteiger partial charge on any atom is 0.118 e. The fourth-order valence-corrected chi connectivity index (χ4v) is 6.44. The van der Waals surface area contributed by atoms with E-state index in [1.165, 1.54) is 0 Å². The second-order valence-corrected chi connectivity index (χ2v) is 9.33. The van der Waals surface area contributed by atoms with Crippen LogP contribution in [0.1, 0.15) is 52.4 Å². The molecule has 4 rings (SSSR count). The van der Waals surface area contributed by atoms with Gasteiger partial charge in [0, 0.05) is 5.41 Å². The maximum atomic E-state index is 10.5. The van der Waals surface area contributed by atoms with E-state index >= 15 is 0 Å². The van der Waals surface area contributed by atoms with Crippen LogP contribution >= 0.6 is 0 Å². The minimum Gasteiger partial charge on any atom is -0.396 e. The Labute approximate surface area is 144 Å². The third kappa shape index (κ3) is 2.19. The van der Waals surface area contributed by atoms with Crippen LogP contribution in [-0.2, 0) is 4.74 Å². The molecule has 0 bridgehead atoms. The lowest BCUT2D eigenvalue weighted by Crippen LogP contribution is -2.57. The Morgan fingerprint density at radius 1 is 1.17 bits per heavy atom. The first-order valence-electron chi connectivity index (χ1n) is 9.62. The molecule has 4 nitrogen and oxygen atoms in total. The minimum absolute atomic E-state index is 0.0639. The van der Waals surface area contributed by atoms with Gasteiger partial charge in [0.05, 0.1) is 25.9 Å². The van der Waals surface area contributed by atoms with Gasteiger partial charge >= 0.3 is 0 Å². The summed E-state index contributed by atoms with van der Waals surface area (Å²) in [6.45, 7) is 5.38. The van der Waals surface area contributed by atoms with Gasteiger partial charge in [-0.25, -0.2) is 0 Å². The highest BCUT2D eigenvalue weighted by atomic mass is 16.6. The molecule has 4 aliphatic rings. The number of fused-ring (bicyclic) bond motifs is 3. The van der Waals surface area contributed by atoms with Gasteiger partial charge in [0.2, 0.25) is 0 Å². The summed E-state index contributed by atoms with van der Waals surface area (Å²) in [5, 5.41) is 30.2. The third-order valence-corrected chi connectivity index (χ3v) is 8.32. The Bertz CT molecular complexity index is 540. The van der Waals surface area contributed by atoms with Crippen molar-refractivity contribution in [2.24, 2.45) is 28.6 Å². The van der Waals surface area contributed by atoms with E-state index in [0.717, 1.165) is 38.5 Å². The first-order valence-corrected chi connectivity index (χ1v) is 9.62. The number of hydrogen-bond acceptors (Lipinski definition) is 4. The number of rotatable bonds is 3. The molecule has 0 radical (unpaired) electrons. The van der Waals surface area contributed by atoms with Crippen LogP contribution in [0.25, 0.3) is 0 Å². The van der Waals surface area contributed by atoms with Crippen LogP contribution in [-0.4, -0.2) is 46.8 Å². The minimum atomic E-state index is -0.399. The molecule has 2 saturated carbocycles. The number of allylic oxidation sites excluding steroid dienone is 2. The standard InChI is InChI=1S/C20H32O4/c1-18-8-7-17(23)19(2,10-21)16(18)6-3-13-9-14(4-5-15(13)18)20(11-22)12-24-20/h3,14-17,21-23H,4-12H2,1-2H3/t14-,15-,16+,17+,18+,19+,20+/m1/s1. The van der Waals surface area contributed by atoms with Crippen molar-refractivity contribution in [2.75, 3.05) is 19.8 Å². The molecule has 0 unspecified atom stereocenters. The van der Waals surface area contributed by atoms with Gasteiger partial charge in [0.25, 0.3) is 0 Å². The molecule has 0 amide bonds. The fourth-order valence-electron chi connectivity index (χ4n) is 6.44. The predicted octanol–water partition coefficient (Wildman–Crippen LogP) is 2.27. The number of ether oxygens (including phenoxy) is 1. The highest BCUT2D eigenvalue weighted by molar-refractivity contribution is 5.24. The smallest absolute Gasteiger partial charge is 0.118 e.